The summed E-state index contributed by atoms with van der Waals surface area (Å²) in [6.07, 6.45) is -2.95. The van der Waals surface area contributed by atoms with Gasteiger partial charge in [-0.3, -0.25) is 0 Å². The molecule has 32 heavy (non-hydrogen) atoms. The molecular formula is C21H21F3N4O2S2. The summed E-state index contributed by atoms with van der Waals surface area (Å²) in [5.74, 6) is 0.416. The van der Waals surface area contributed by atoms with Gasteiger partial charge in [-0.15, -0.1) is 11.3 Å². The van der Waals surface area contributed by atoms with E-state index in [9.17, 15) is 21.6 Å². The van der Waals surface area contributed by atoms with Gasteiger partial charge in [0.15, 0.2) is 9.84 Å². The second kappa shape index (κ2) is 8.13. The third-order valence-electron chi connectivity index (χ3n) is 5.37. The third-order valence-corrected chi connectivity index (χ3v) is 7.55. The SMILES string of the molecule is Cc1ccc(C2CN(C)C2)cc1Nc1ncc(C(F)(F)F)c(-c2cc(S(C)(=O)=O)cs2)n1. The Labute approximate surface area is 188 Å². The number of sulfone groups is 1. The minimum Gasteiger partial charge on any atom is -0.324 e. The first-order chi connectivity index (χ1) is 14.9. The van der Waals surface area contributed by atoms with Crippen molar-refractivity contribution in [3.63, 3.8) is 0 Å². The lowest BCUT2D eigenvalue weighted by molar-refractivity contribution is -0.137. The fraction of sp³-hybridized carbons (Fsp3) is 0.333. The van der Waals surface area contributed by atoms with Crippen LogP contribution in [0.15, 0.2) is 40.7 Å². The number of halogens is 3. The standard InChI is InChI=1S/C21H21F3N4O2S2/c1-12-4-5-13(14-9-28(2)10-14)6-17(12)26-20-25-8-16(21(22,23)24)19(27-20)18-7-15(11-31-18)32(3,29)30/h4-8,11,14H,9-10H2,1-3H3,(H,25,26,27). The first-order valence-electron chi connectivity index (χ1n) is 9.71. The van der Waals surface area contributed by atoms with E-state index in [0.717, 1.165) is 48.0 Å². The lowest BCUT2D eigenvalue weighted by Gasteiger charge is -2.36. The molecule has 1 aliphatic heterocycles. The van der Waals surface area contributed by atoms with Crippen molar-refractivity contribution in [2.24, 2.45) is 0 Å². The fourth-order valence-corrected chi connectivity index (χ4v) is 5.56. The molecule has 1 fully saturated rings. The molecule has 1 N–H and O–H groups in total. The number of hydrogen-bond acceptors (Lipinski definition) is 7. The van der Waals surface area contributed by atoms with Crippen molar-refractivity contribution in [1.29, 1.82) is 0 Å². The number of nitrogens with one attached hydrogen (secondary N) is 1. The van der Waals surface area contributed by atoms with E-state index in [2.05, 4.69) is 26.3 Å². The molecule has 0 unspecified atom stereocenters. The van der Waals surface area contributed by atoms with E-state index in [0.29, 0.717) is 11.6 Å². The van der Waals surface area contributed by atoms with Crippen LogP contribution in [0.4, 0.5) is 24.8 Å². The normalized spacial score (nSPS) is 15.6. The molecule has 0 spiro atoms. The fourth-order valence-electron chi connectivity index (χ4n) is 3.53. The summed E-state index contributed by atoms with van der Waals surface area (Å²) in [5, 5.41) is 4.34. The molecule has 3 aromatic rings. The first-order valence-corrected chi connectivity index (χ1v) is 12.5. The van der Waals surface area contributed by atoms with Gasteiger partial charge in [-0.25, -0.2) is 18.4 Å². The third kappa shape index (κ3) is 4.64. The number of nitrogens with zero attached hydrogens (tertiary/aromatic N) is 3. The highest BCUT2D eigenvalue weighted by atomic mass is 32.2. The van der Waals surface area contributed by atoms with Gasteiger partial charge in [-0.1, -0.05) is 12.1 Å². The van der Waals surface area contributed by atoms with Gasteiger partial charge in [-0.05, 0) is 37.2 Å². The Hall–Kier alpha value is -2.50. The average Bonchev–Trinajstić information content (AvgIpc) is 3.17. The lowest BCUT2D eigenvalue weighted by Crippen LogP contribution is -2.41. The molecule has 0 radical (unpaired) electrons. The van der Waals surface area contributed by atoms with Gasteiger partial charge >= 0.3 is 6.18 Å². The van der Waals surface area contributed by atoms with Crippen LogP contribution in [0, 0.1) is 6.92 Å². The van der Waals surface area contributed by atoms with Crippen LogP contribution in [-0.2, 0) is 16.0 Å². The molecule has 170 valence electrons. The molecule has 4 rings (SSSR count). The molecular weight excluding hydrogens is 461 g/mol. The quantitative estimate of drug-likeness (QED) is 0.568. The Morgan fingerprint density at radius 2 is 1.94 bits per heavy atom. The van der Waals surface area contributed by atoms with Crippen molar-refractivity contribution in [2.45, 2.75) is 23.9 Å². The van der Waals surface area contributed by atoms with E-state index in [1.54, 1.807) is 0 Å². The van der Waals surface area contributed by atoms with Crippen molar-refractivity contribution in [3.8, 4) is 10.6 Å². The van der Waals surface area contributed by atoms with Crippen LogP contribution in [0.1, 0.15) is 22.6 Å². The maximum Gasteiger partial charge on any atom is 0.420 e. The van der Waals surface area contributed by atoms with Crippen molar-refractivity contribution >= 4 is 32.8 Å². The zero-order chi connectivity index (χ0) is 23.3. The summed E-state index contributed by atoms with van der Waals surface area (Å²) in [6, 6.07) is 7.19. The van der Waals surface area contributed by atoms with Crippen molar-refractivity contribution in [2.75, 3.05) is 31.7 Å². The van der Waals surface area contributed by atoms with Crippen molar-refractivity contribution in [1.82, 2.24) is 14.9 Å². The highest BCUT2D eigenvalue weighted by Crippen LogP contribution is 2.39. The molecule has 0 bridgehead atoms. The van der Waals surface area contributed by atoms with Gasteiger partial charge in [0, 0.05) is 42.5 Å². The van der Waals surface area contributed by atoms with Gasteiger partial charge in [0.25, 0.3) is 0 Å². The molecule has 1 saturated heterocycles. The minimum atomic E-state index is -4.69. The summed E-state index contributed by atoms with van der Waals surface area (Å²) < 4.78 is 64.4. The van der Waals surface area contributed by atoms with E-state index in [1.807, 2.05) is 26.1 Å². The number of hydrogen-bond donors (Lipinski definition) is 1. The molecule has 0 atom stereocenters. The molecule has 0 aliphatic carbocycles. The number of aromatic nitrogens is 2. The molecule has 1 aliphatic rings. The van der Waals surface area contributed by atoms with Crippen molar-refractivity contribution < 1.29 is 21.6 Å². The van der Waals surface area contributed by atoms with Gasteiger partial charge in [0.05, 0.1) is 15.5 Å². The molecule has 1 aromatic carbocycles. The zero-order valence-corrected chi connectivity index (χ0v) is 19.2. The molecule has 0 amide bonds. The number of likely N-dealkylation sites (tertiary alicyclic amines) is 1. The van der Waals surface area contributed by atoms with E-state index >= 15 is 0 Å². The van der Waals surface area contributed by atoms with Crippen LogP contribution in [0.2, 0.25) is 0 Å². The lowest BCUT2D eigenvalue weighted by atomic mass is 9.91. The predicted octanol–water partition coefficient (Wildman–Crippen LogP) is 4.71. The van der Waals surface area contributed by atoms with E-state index in [4.69, 9.17) is 0 Å². The zero-order valence-electron chi connectivity index (χ0n) is 17.6. The highest BCUT2D eigenvalue weighted by molar-refractivity contribution is 7.90. The Bertz CT molecular complexity index is 1270. The maximum atomic E-state index is 13.6. The van der Waals surface area contributed by atoms with E-state index in [1.165, 1.54) is 11.4 Å². The van der Waals surface area contributed by atoms with Crippen LogP contribution >= 0.6 is 11.3 Å². The van der Waals surface area contributed by atoms with E-state index < -0.39 is 21.6 Å². The monoisotopic (exact) mass is 482 g/mol. The number of thiophene rings is 1. The molecule has 2 aromatic heterocycles. The smallest absolute Gasteiger partial charge is 0.324 e. The molecule has 6 nitrogen and oxygen atoms in total. The second-order valence-electron chi connectivity index (χ2n) is 7.99. The summed E-state index contributed by atoms with van der Waals surface area (Å²) in [7, 11) is -1.51. The summed E-state index contributed by atoms with van der Waals surface area (Å²) in [5.41, 5.74) is 1.38. The average molecular weight is 483 g/mol. The number of alkyl halides is 3. The van der Waals surface area contributed by atoms with Gasteiger partial charge in [-0.2, -0.15) is 13.2 Å². The Balaban J connectivity index is 1.71. The highest BCUT2D eigenvalue weighted by Gasteiger charge is 2.36. The van der Waals surface area contributed by atoms with Crippen LogP contribution in [0.3, 0.4) is 0 Å². The summed E-state index contributed by atoms with van der Waals surface area (Å²) in [4.78, 5) is 10.3. The summed E-state index contributed by atoms with van der Waals surface area (Å²) in [6.45, 7) is 3.79. The Kier molecular flexibility index (Phi) is 5.76. The first kappa shape index (κ1) is 22.7. The van der Waals surface area contributed by atoms with Crippen LogP contribution < -0.4 is 5.32 Å². The number of aryl methyl sites for hydroxylation is 1. The number of benzene rings is 1. The topological polar surface area (TPSA) is 75.2 Å². The number of anilines is 2. The number of rotatable bonds is 5. The second-order valence-corrected chi connectivity index (χ2v) is 10.9. The molecule has 3 heterocycles. The van der Waals surface area contributed by atoms with E-state index in [-0.39, 0.29) is 21.4 Å². The largest absolute Gasteiger partial charge is 0.420 e. The summed E-state index contributed by atoms with van der Waals surface area (Å²) >= 11 is 0.893. The maximum absolute atomic E-state index is 13.6. The van der Waals surface area contributed by atoms with Gasteiger partial charge < -0.3 is 10.2 Å². The predicted molar refractivity (Wildman–Crippen MR) is 118 cm³/mol. The van der Waals surface area contributed by atoms with Crippen LogP contribution in [0.5, 0.6) is 0 Å². The van der Waals surface area contributed by atoms with Crippen LogP contribution in [-0.4, -0.2) is 49.7 Å². The van der Waals surface area contributed by atoms with Crippen molar-refractivity contribution in [3.05, 3.63) is 52.5 Å². The van der Waals surface area contributed by atoms with Gasteiger partial charge in [0.2, 0.25) is 5.95 Å². The Morgan fingerprint density at radius 1 is 1.22 bits per heavy atom. The number of likely N-dealkylation sites (N-methyl/N-ethyl adjacent to an activating group) is 1. The minimum absolute atomic E-state index is 0.00767. The molecule has 0 saturated carbocycles. The van der Waals surface area contributed by atoms with Gasteiger partial charge in [0.1, 0.15) is 5.56 Å². The van der Waals surface area contributed by atoms with Crippen LogP contribution in [0.25, 0.3) is 10.6 Å². The molecule has 11 heteroatoms. The Morgan fingerprint density at radius 3 is 2.53 bits per heavy atom.